The van der Waals surface area contributed by atoms with Crippen molar-refractivity contribution in [1.82, 2.24) is 15.0 Å². The number of aryl methyl sites for hydroxylation is 1. The van der Waals surface area contributed by atoms with Gasteiger partial charge in [0, 0.05) is 33.8 Å². The summed E-state index contributed by atoms with van der Waals surface area (Å²) >= 11 is 0. The highest BCUT2D eigenvalue weighted by Gasteiger charge is 2.17. The lowest BCUT2D eigenvalue weighted by atomic mass is 10.1. The van der Waals surface area contributed by atoms with Crippen molar-refractivity contribution in [3.05, 3.63) is 145 Å². The third-order valence-electron chi connectivity index (χ3n) is 8.57. The number of hydrogen-bond acceptors (Lipinski definition) is 7. The number of hydrogen-bond donors (Lipinski definition) is 0. The summed E-state index contributed by atoms with van der Waals surface area (Å²) in [6, 6.07) is 46.5. The molecular weight excluding hydrogens is 596 g/mol. The van der Waals surface area contributed by atoms with Crippen molar-refractivity contribution in [3.8, 4) is 34.4 Å². The molecule has 0 N–H and O–H groups in total. The van der Waals surface area contributed by atoms with Gasteiger partial charge in [-0.05, 0) is 121 Å². The molecule has 0 spiro atoms. The standard InChI is InChI=1S/C41H28N4O3/c1-2-26-11-24-38-35(25-26)44-41(48-38)29-16-22-32(23-17-29)45(30-18-12-27(13-19-30)39-42-33-7-3-5-9-36(33)46-39)31-20-14-28(15-21-31)40-43-34-8-4-6-10-37(34)47-40/h3-25H,2H2,1H3. The molecule has 0 atom stereocenters. The quantitative estimate of drug-likeness (QED) is 0.174. The van der Waals surface area contributed by atoms with Crippen LogP contribution in [0.2, 0.25) is 0 Å². The van der Waals surface area contributed by atoms with Crippen LogP contribution in [0.15, 0.2) is 153 Å². The zero-order valence-corrected chi connectivity index (χ0v) is 26.0. The van der Waals surface area contributed by atoms with E-state index < -0.39 is 0 Å². The molecule has 0 aliphatic carbocycles. The van der Waals surface area contributed by atoms with Crippen molar-refractivity contribution in [2.24, 2.45) is 0 Å². The maximum atomic E-state index is 6.12. The summed E-state index contributed by atoms with van der Waals surface area (Å²) in [5.74, 6) is 1.78. The molecule has 48 heavy (non-hydrogen) atoms. The lowest BCUT2D eigenvalue weighted by Gasteiger charge is -2.26. The van der Waals surface area contributed by atoms with Gasteiger partial charge in [0.2, 0.25) is 17.7 Å². The zero-order chi connectivity index (χ0) is 32.0. The number of nitrogens with zero attached hydrogens (tertiary/aromatic N) is 4. The Balaban J connectivity index is 1.08. The largest absolute Gasteiger partial charge is 0.436 e. The smallest absolute Gasteiger partial charge is 0.227 e. The summed E-state index contributed by atoms with van der Waals surface area (Å²) in [5, 5.41) is 0. The summed E-state index contributed by atoms with van der Waals surface area (Å²) in [5.41, 5.74) is 11.7. The number of aromatic nitrogens is 3. The minimum absolute atomic E-state index is 0.589. The van der Waals surface area contributed by atoms with E-state index >= 15 is 0 Å². The molecule has 0 saturated heterocycles. The average Bonchev–Trinajstić information content (AvgIpc) is 3.89. The summed E-state index contributed by atoms with van der Waals surface area (Å²) < 4.78 is 18.2. The van der Waals surface area contributed by atoms with Crippen LogP contribution in [0.5, 0.6) is 0 Å². The molecule has 0 unspecified atom stereocenters. The molecule has 0 amide bonds. The highest BCUT2D eigenvalue weighted by molar-refractivity contribution is 5.82. The molecule has 3 heterocycles. The van der Waals surface area contributed by atoms with Gasteiger partial charge in [-0.3, -0.25) is 0 Å². The van der Waals surface area contributed by atoms with E-state index in [9.17, 15) is 0 Å². The van der Waals surface area contributed by atoms with Crippen LogP contribution in [-0.4, -0.2) is 15.0 Å². The molecule has 9 rings (SSSR count). The normalized spacial score (nSPS) is 11.5. The van der Waals surface area contributed by atoms with Crippen molar-refractivity contribution in [2.45, 2.75) is 13.3 Å². The van der Waals surface area contributed by atoms with Gasteiger partial charge in [0.15, 0.2) is 16.7 Å². The molecule has 230 valence electrons. The Kier molecular flexibility index (Phi) is 6.61. The van der Waals surface area contributed by atoms with E-state index in [1.807, 2.05) is 91.0 Å². The van der Waals surface area contributed by atoms with Gasteiger partial charge < -0.3 is 18.2 Å². The molecule has 0 aliphatic rings. The Hall–Kier alpha value is -6.47. The average molecular weight is 625 g/mol. The lowest BCUT2D eigenvalue weighted by Crippen LogP contribution is -2.09. The van der Waals surface area contributed by atoms with Gasteiger partial charge in [-0.1, -0.05) is 37.3 Å². The Morgan fingerprint density at radius 3 is 1.25 bits per heavy atom. The topological polar surface area (TPSA) is 81.3 Å². The predicted octanol–water partition coefficient (Wildman–Crippen LogP) is 11.1. The fraction of sp³-hybridized carbons (Fsp3) is 0.0488. The maximum absolute atomic E-state index is 6.12. The SMILES string of the molecule is CCc1ccc2oc(-c3ccc(N(c4ccc(-c5nc6ccccc6o5)cc4)c4ccc(-c5nc6ccccc6o5)cc4)cc3)nc2c1. The van der Waals surface area contributed by atoms with Crippen LogP contribution in [-0.2, 0) is 6.42 Å². The van der Waals surface area contributed by atoms with Gasteiger partial charge in [-0.15, -0.1) is 0 Å². The Morgan fingerprint density at radius 2 is 0.833 bits per heavy atom. The van der Waals surface area contributed by atoms with Crippen LogP contribution in [0.3, 0.4) is 0 Å². The Morgan fingerprint density at radius 1 is 0.438 bits per heavy atom. The van der Waals surface area contributed by atoms with E-state index in [0.717, 1.165) is 73.5 Å². The minimum atomic E-state index is 0.589. The molecule has 7 heteroatoms. The molecule has 0 saturated carbocycles. The van der Waals surface area contributed by atoms with E-state index in [2.05, 4.69) is 70.3 Å². The highest BCUT2D eigenvalue weighted by atomic mass is 16.4. The van der Waals surface area contributed by atoms with Gasteiger partial charge in [0.05, 0.1) is 0 Å². The highest BCUT2D eigenvalue weighted by Crippen LogP contribution is 2.38. The van der Waals surface area contributed by atoms with Crippen LogP contribution >= 0.6 is 0 Å². The minimum Gasteiger partial charge on any atom is -0.436 e. The molecule has 7 nitrogen and oxygen atoms in total. The zero-order valence-electron chi connectivity index (χ0n) is 26.0. The summed E-state index contributed by atoms with van der Waals surface area (Å²) in [7, 11) is 0. The monoisotopic (exact) mass is 624 g/mol. The van der Waals surface area contributed by atoms with Crippen LogP contribution in [0.1, 0.15) is 12.5 Å². The maximum Gasteiger partial charge on any atom is 0.227 e. The van der Waals surface area contributed by atoms with Crippen LogP contribution in [0, 0.1) is 0 Å². The summed E-state index contributed by atoms with van der Waals surface area (Å²) in [4.78, 5) is 16.3. The molecule has 0 fully saturated rings. The van der Waals surface area contributed by atoms with Crippen LogP contribution in [0.25, 0.3) is 67.7 Å². The van der Waals surface area contributed by atoms with Gasteiger partial charge in [0.1, 0.15) is 16.6 Å². The first-order valence-corrected chi connectivity index (χ1v) is 15.9. The first kappa shape index (κ1) is 27.8. The van der Waals surface area contributed by atoms with Crippen molar-refractivity contribution in [1.29, 1.82) is 0 Å². The lowest BCUT2D eigenvalue weighted by molar-refractivity contribution is 0.619. The molecule has 9 aromatic rings. The Bertz CT molecular complexity index is 2360. The number of rotatable bonds is 7. The third-order valence-corrected chi connectivity index (χ3v) is 8.57. The van der Waals surface area contributed by atoms with Crippen molar-refractivity contribution < 1.29 is 13.3 Å². The van der Waals surface area contributed by atoms with Crippen molar-refractivity contribution >= 4 is 50.4 Å². The fourth-order valence-corrected chi connectivity index (χ4v) is 6.01. The van der Waals surface area contributed by atoms with E-state index in [4.69, 9.17) is 18.2 Å². The third kappa shape index (κ3) is 4.98. The van der Waals surface area contributed by atoms with E-state index in [-0.39, 0.29) is 0 Å². The van der Waals surface area contributed by atoms with Crippen molar-refractivity contribution in [2.75, 3.05) is 4.90 Å². The predicted molar refractivity (Wildman–Crippen MR) is 190 cm³/mol. The van der Waals surface area contributed by atoms with Gasteiger partial charge >= 0.3 is 0 Å². The fourth-order valence-electron chi connectivity index (χ4n) is 6.01. The number of benzene rings is 6. The second-order valence-electron chi connectivity index (χ2n) is 11.6. The Labute approximate surface area is 275 Å². The number of anilines is 3. The number of fused-ring (bicyclic) bond motifs is 3. The molecule has 0 aliphatic heterocycles. The molecule has 0 radical (unpaired) electrons. The second-order valence-corrected chi connectivity index (χ2v) is 11.6. The molecule has 3 aromatic heterocycles. The van der Waals surface area contributed by atoms with Crippen LogP contribution in [0.4, 0.5) is 17.1 Å². The molecule has 0 bridgehead atoms. The van der Waals surface area contributed by atoms with Gasteiger partial charge in [-0.25, -0.2) is 15.0 Å². The van der Waals surface area contributed by atoms with Crippen LogP contribution < -0.4 is 4.90 Å². The molecular formula is C41H28N4O3. The van der Waals surface area contributed by atoms with E-state index in [1.165, 1.54) is 5.56 Å². The van der Waals surface area contributed by atoms with Gasteiger partial charge in [0.25, 0.3) is 0 Å². The van der Waals surface area contributed by atoms with Crippen molar-refractivity contribution in [3.63, 3.8) is 0 Å². The first-order valence-electron chi connectivity index (χ1n) is 15.9. The number of para-hydroxylation sites is 4. The summed E-state index contributed by atoms with van der Waals surface area (Å²) in [6.07, 6.45) is 0.953. The van der Waals surface area contributed by atoms with Gasteiger partial charge in [-0.2, -0.15) is 0 Å². The van der Waals surface area contributed by atoms with E-state index in [0.29, 0.717) is 17.7 Å². The number of oxazole rings is 3. The summed E-state index contributed by atoms with van der Waals surface area (Å²) in [6.45, 7) is 2.14. The second kappa shape index (κ2) is 11.4. The molecule has 6 aromatic carbocycles. The first-order chi connectivity index (χ1) is 23.7. The van der Waals surface area contributed by atoms with E-state index in [1.54, 1.807) is 0 Å².